The largest absolute Gasteiger partial charge is 0.415 e. The van der Waals surface area contributed by atoms with E-state index in [9.17, 15) is 4.79 Å². The predicted molar refractivity (Wildman–Crippen MR) is 66.2 cm³/mol. The number of para-hydroxylation sites is 1. The second-order valence-corrected chi connectivity index (χ2v) is 3.77. The Morgan fingerprint density at radius 3 is 2.53 bits per heavy atom. The van der Waals surface area contributed by atoms with Gasteiger partial charge in [0.2, 0.25) is 0 Å². The van der Waals surface area contributed by atoms with Crippen molar-refractivity contribution in [3.63, 3.8) is 0 Å². The average molecular weight is 237 g/mol. The smallest absolute Gasteiger partial charge is 0.410 e. The number of carbonyl (C=O) groups excluding carboxylic acids is 1. The molecule has 1 amide bonds. The Hall–Kier alpha value is -1.55. The first-order chi connectivity index (χ1) is 8.19. The Kier molecular flexibility index (Phi) is 5.49. The number of amides is 1. The van der Waals surface area contributed by atoms with Gasteiger partial charge in [-0.1, -0.05) is 18.2 Å². The first-order valence-electron chi connectivity index (χ1n) is 5.71. The third-order valence-corrected chi connectivity index (χ3v) is 2.46. The summed E-state index contributed by atoms with van der Waals surface area (Å²) in [5.74, 6) is 0.556. The van der Waals surface area contributed by atoms with E-state index < -0.39 is 0 Å². The Morgan fingerprint density at radius 2 is 2.00 bits per heavy atom. The molecule has 17 heavy (non-hydrogen) atoms. The lowest BCUT2D eigenvalue weighted by atomic mass is 10.3. The number of rotatable bonds is 5. The molecule has 0 aliphatic rings. The summed E-state index contributed by atoms with van der Waals surface area (Å²) < 4.78 is 10.3. The van der Waals surface area contributed by atoms with Crippen LogP contribution in [0, 0.1) is 0 Å². The molecule has 0 radical (unpaired) electrons. The zero-order valence-electron chi connectivity index (χ0n) is 10.6. The molecule has 1 aromatic rings. The zero-order valence-corrected chi connectivity index (χ0v) is 10.6. The summed E-state index contributed by atoms with van der Waals surface area (Å²) in [7, 11) is 1.62. The number of methoxy groups -OCH3 is 1. The van der Waals surface area contributed by atoms with Gasteiger partial charge in [0.05, 0.1) is 12.6 Å². The van der Waals surface area contributed by atoms with Gasteiger partial charge in [-0.2, -0.15) is 0 Å². The molecule has 0 saturated carbocycles. The predicted octanol–water partition coefficient (Wildman–Crippen LogP) is 2.54. The van der Waals surface area contributed by atoms with Crippen molar-refractivity contribution in [1.29, 1.82) is 0 Å². The highest BCUT2D eigenvalue weighted by Crippen LogP contribution is 2.11. The van der Waals surface area contributed by atoms with Crippen molar-refractivity contribution < 1.29 is 14.3 Å². The van der Waals surface area contributed by atoms with Crippen LogP contribution >= 0.6 is 0 Å². The molecule has 0 fully saturated rings. The summed E-state index contributed by atoms with van der Waals surface area (Å²) in [6, 6.07) is 9.05. The van der Waals surface area contributed by atoms with Crippen LogP contribution in [0.15, 0.2) is 30.3 Å². The van der Waals surface area contributed by atoms with E-state index in [0.29, 0.717) is 18.9 Å². The van der Waals surface area contributed by atoms with Crippen LogP contribution in [0.3, 0.4) is 0 Å². The van der Waals surface area contributed by atoms with E-state index in [2.05, 4.69) is 0 Å². The van der Waals surface area contributed by atoms with Crippen LogP contribution in [0.5, 0.6) is 5.75 Å². The second kappa shape index (κ2) is 6.91. The Balaban J connectivity index is 2.61. The number of nitrogens with zero attached hydrogens (tertiary/aromatic N) is 1. The number of ether oxygens (including phenoxy) is 2. The average Bonchev–Trinajstić information content (AvgIpc) is 2.31. The quantitative estimate of drug-likeness (QED) is 0.790. The highest BCUT2D eigenvalue weighted by Gasteiger charge is 2.20. The zero-order chi connectivity index (χ0) is 12.7. The van der Waals surface area contributed by atoms with E-state index in [1.54, 1.807) is 24.1 Å². The molecular formula is C13H19NO3. The lowest BCUT2D eigenvalue weighted by molar-refractivity contribution is 0.0931. The van der Waals surface area contributed by atoms with Crippen molar-refractivity contribution in [2.75, 3.05) is 20.3 Å². The summed E-state index contributed by atoms with van der Waals surface area (Å²) in [6.07, 6.45) is -0.344. The van der Waals surface area contributed by atoms with Crippen LogP contribution in [0.25, 0.3) is 0 Å². The van der Waals surface area contributed by atoms with E-state index in [1.165, 1.54) is 0 Å². The van der Waals surface area contributed by atoms with Gasteiger partial charge in [0.1, 0.15) is 5.75 Å². The van der Waals surface area contributed by atoms with Gasteiger partial charge in [-0.3, -0.25) is 0 Å². The highest BCUT2D eigenvalue weighted by molar-refractivity contribution is 5.70. The van der Waals surface area contributed by atoms with E-state index in [4.69, 9.17) is 9.47 Å². The molecular weight excluding hydrogens is 218 g/mol. The SMILES string of the molecule is CCN(C(=O)Oc1ccccc1)C(C)COC. The van der Waals surface area contributed by atoms with Crippen molar-refractivity contribution in [3.05, 3.63) is 30.3 Å². The number of likely N-dealkylation sites (N-methyl/N-ethyl adjacent to an activating group) is 1. The standard InChI is InChI=1S/C13H19NO3/c1-4-14(11(2)10-16-3)13(15)17-12-8-6-5-7-9-12/h5-9,11H,4,10H2,1-3H3. The molecule has 0 spiro atoms. The number of hydrogen-bond donors (Lipinski definition) is 0. The normalized spacial score (nSPS) is 11.9. The third-order valence-electron chi connectivity index (χ3n) is 2.46. The van der Waals surface area contributed by atoms with Crippen LogP contribution in [0.4, 0.5) is 4.79 Å². The summed E-state index contributed by atoms with van der Waals surface area (Å²) in [5, 5.41) is 0. The molecule has 0 aromatic heterocycles. The van der Waals surface area contributed by atoms with Crippen molar-refractivity contribution in [1.82, 2.24) is 4.90 Å². The van der Waals surface area contributed by atoms with Gasteiger partial charge >= 0.3 is 6.09 Å². The van der Waals surface area contributed by atoms with Gasteiger partial charge in [-0.05, 0) is 26.0 Å². The summed E-state index contributed by atoms with van der Waals surface area (Å²) in [6.45, 7) is 4.94. The first kappa shape index (κ1) is 13.5. The number of carbonyl (C=O) groups is 1. The fourth-order valence-electron chi connectivity index (χ4n) is 1.60. The molecule has 0 bridgehead atoms. The third kappa shape index (κ3) is 4.07. The fourth-order valence-corrected chi connectivity index (χ4v) is 1.60. The maximum atomic E-state index is 11.9. The topological polar surface area (TPSA) is 38.8 Å². The molecule has 0 N–H and O–H groups in total. The molecule has 4 nitrogen and oxygen atoms in total. The minimum atomic E-state index is -0.344. The first-order valence-corrected chi connectivity index (χ1v) is 5.71. The molecule has 0 aliphatic heterocycles. The molecule has 1 aromatic carbocycles. The molecule has 1 rings (SSSR count). The lowest BCUT2D eigenvalue weighted by Gasteiger charge is -2.26. The molecule has 0 saturated heterocycles. The van der Waals surface area contributed by atoms with E-state index >= 15 is 0 Å². The van der Waals surface area contributed by atoms with Gasteiger partial charge in [0.15, 0.2) is 0 Å². The second-order valence-electron chi connectivity index (χ2n) is 3.77. The minimum Gasteiger partial charge on any atom is -0.410 e. The van der Waals surface area contributed by atoms with Crippen molar-refractivity contribution >= 4 is 6.09 Å². The van der Waals surface area contributed by atoms with Gasteiger partial charge in [-0.25, -0.2) is 4.79 Å². The van der Waals surface area contributed by atoms with Crippen LogP contribution in [0.1, 0.15) is 13.8 Å². The number of hydrogen-bond acceptors (Lipinski definition) is 3. The van der Waals surface area contributed by atoms with Crippen LogP contribution < -0.4 is 4.74 Å². The van der Waals surface area contributed by atoms with Gasteiger partial charge < -0.3 is 14.4 Å². The van der Waals surface area contributed by atoms with Crippen molar-refractivity contribution in [2.24, 2.45) is 0 Å². The van der Waals surface area contributed by atoms with Crippen LogP contribution in [-0.4, -0.2) is 37.3 Å². The van der Waals surface area contributed by atoms with Crippen LogP contribution in [-0.2, 0) is 4.74 Å². The minimum absolute atomic E-state index is 0.00112. The fraction of sp³-hybridized carbons (Fsp3) is 0.462. The van der Waals surface area contributed by atoms with Gasteiger partial charge in [0, 0.05) is 13.7 Å². The molecule has 0 aliphatic carbocycles. The molecule has 1 atom stereocenters. The van der Waals surface area contributed by atoms with Crippen LogP contribution in [0.2, 0.25) is 0 Å². The maximum absolute atomic E-state index is 11.9. The van der Waals surface area contributed by atoms with Gasteiger partial charge in [-0.15, -0.1) is 0 Å². The highest BCUT2D eigenvalue weighted by atomic mass is 16.6. The summed E-state index contributed by atoms with van der Waals surface area (Å²) >= 11 is 0. The Labute approximate surface area is 102 Å². The van der Waals surface area contributed by atoms with E-state index in [0.717, 1.165) is 0 Å². The Bertz CT molecular complexity index is 340. The maximum Gasteiger partial charge on any atom is 0.415 e. The number of benzene rings is 1. The van der Waals surface area contributed by atoms with Crippen molar-refractivity contribution in [3.8, 4) is 5.75 Å². The molecule has 4 heteroatoms. The summed E-state index contributed by atoms with van der Waals surface area (Å²) in [4.78, 5) is 13.5. The molecule has 0 heterocycles. The van der Waals surface area contributed by atoms with Crippen molar-refractivity contribution in [2.45, 2.75) is 19.9 Å². The van der Waals surface area contributed by atoms with Gasteiger partial charge in [0.25, 0.3) is 0 Å². The molecule has 1 unspecified atom stereocenters. The Morgan fingerprint density at radius 1 is 1.35 bits per heavy atom. The lowest BCUT2D eigenvalue weighted by Crippen LogP contribution is -2.42. The van der Waals surface area contributed by atoms with E-state index in [1.807, 2.05) is 32.0 Å². The monoisotopic (exact) mass is 237 g/mol. The molecule has 94 valence electrons. The van der Waals surface area contributed by atoms with E-state index in [-0.39, 0.29) is 12.1 Å². The summed E-state index contributed by atoms with van der Waals surface area (Å²) in [5.41, 5.74) is 0.